The van der Waals surface area contributed by atoms with Crippen molar-refractivity contribution in [2.75, 3.05) is 20.6 Å². The zero-order chi connectivity index (χ0) is 17.0. The van der Waals surface area contributed by atoms with Gasteiger partial charge in [0.2, 0.25) is 5.91 Å². The fraction of sp³-hybridized carbons (Fsp3) is 0.526. The molecule has 4 aliphatic rings. The van der Waals surface area contributed by atoms with Gasteiger partial charge in [-0.15, -0.1) is 0 Å². The van der Waals surface area contributed by atoms with Crippen LogP contribution in [0.25, 0.3) is 6.08 Å². The van der Waals surface area contributed by atoms with Gasteiger partial charge in [0.15, 0.2) is 0 Å². The van der Waals surface area contributed by atoms with E-state index in [1.807, 2.05) is 32.3 Å². The van der Waals surface area contributed by atoms with Gasteiger partial charge in [0.1, 0.15) is 0 Å². The number of carbonyl (C=O) groups is 1. The Labute approximate surface area is 153 Å². The Bertz CT molecular complexity index is 715. The molecule has 3 nitrogen and oxygen atoms in total. The largest absolute Gasteiger partial charge is 0.349 e. The Morgan fingerprint density at radius 3 is 2.75 bits per heavy atom. The van der Waals surface area contributed by atoms with Crippen molar-refractivity contribution >= 4 is 35.2 Å². The summed E-state index contributed by atoms with van der Waals surface area (Å²) in [4.78, 5) is 17.1. The molecule has 5 heteroatoms. The monoisotopic (exact) mass is 364 g/mol. The Balaban J connectivity index is 1.69. The van der Waals surface area contributed by atoms with Crippen molar-refractivity contribution in [3.63, 3.8) is 0 Å². The van der Waals surface area contributed by atoms with Crippen LogP contribution in [-0.4, -0.2) is 48.4 Å². The van der Waals surface area contributed by atoms with Gasteiger partial charge in [-0.3, -0.25) is 9.69 Å². The molecule has 1 aromatic rings. The third kappa shape index (κ3) is 2.58. The van der Waals surface area contributed by atoms with Crippen LogP contribution in [0.4, 0.5) is 0 Å². The number of fused-ring (bicyclic) bond motifs is 1. The van der Waals surface area contributed by atoms with Crippen LogP contribution >= 0.6 is 23.2 Å². The Morgan fingerprint density at radius 1 is 1.25 bits per heavy atom. The summed E-state index contributed by atoms with van der Waals surface area (Å²) in [6, 6.07) is 6.83. The summed E-state index contributed by atoms with van der Waals surface area (Å²) in [5, 5.41) is 1.15. The van der Waals surface area contributed by atoms with E-state index in [9.17, 15) is 4.79 Å². The fourth-order valence-corrected chi connectivity index (χ4v) is 5.18. The van der Waals surface area contributed by atoms with Gasteiger partial charge in [0, 0.05) is 32.7 Å². The third-order valence-corrected chi connectivity index (χ3v) is 6.67. The van der Waals surface area contributed by atoms with Crippen LogP contribution in [0.3, 0.4) is 0 Å². The van der Waals surface area contributed by atoms with Gasteiger partial charge in [-0.2, -0.15) is 0 Å². The van der Waals surface area contributed by atoms with Crippen LogP contribution in [0.15, 0.2) is 23.8 Å². The molecule has 1 amide bonds. The van der Waals surface area contributed by atoms with Crippen molar-refractivity contribution in [3.05, 3.63) is 39.4 Å². The average molecular weight is 365 g/mol. The molecule has 4 fully saturated rings. The SMILES string of the molecule is CN(C)C(=O)[C@H]1[C@@H]2C[C@@H]3CC[C@H]1N3C/C2=C\c1ccc(Cl)c(Cl)c1. The molecule has 4 bridgehead atoms. The van der Waals surface area contributed by atoms with Crippen LogP contribution in [-0.2, 0) is 4.79 Å². The molecule has 1 aromatic carbocycles. The van der Waals surface area contributed by atoms with E-state index in [0.29, 0.717) is 28.0 Å². The van der Waals surface area contributed by atoms with Crippen molar-refractivity contribution in [1.82, 2.24) is 9.80 Å². The highest BCUT2D eigenvalue weighted by molar-refractivity contribution is 6.42. The molecule has 0 spiro atoms. The van der Waals surface area contributed by atoms with Gasteiger partial charge in [-0.05, 0) is 42.9 Å². The predicted molar refractivity (Wildman–Crippen MR) is 98.2 cm³/mol. The molecule has 4 saturated heterocycles. The van der Waals surface area contributed by atoms with E-state index in [1.54, 1.807) is 4.90 Å². The van der Waals surface area contributed by atoms with Crippen molar-refractivity contribution in [2.45, 2.75) is 31.3 Å². The molecule has 0 N–H and O–H groups in total. The molecule has 4 aliphatic heterocycles. The predicted octanol–water partition coefficient (Wildman–Crippen LogP) is 3.95. The number of benzene rings is 1. The lowest BCUT2D eigenvalue weighted by Crippen LogP contribution is -2.59. The summed E-state index contributed by atoms with van der Waals surface area (Å²) >= 11 is 12.2. The van der Waals surface area contributed by atoms with Gasteiger partial charge in [0.25, 0.3) is 0 Å². The van der Waals surface area contributed by atoms with E-state index < -0.39 is 0 Å². The molecule has 5 atom stereocenters. The van der Waals surface area contributed by atoms with Crippen LogP contribution in [0.5, 0.6) is 0 Å². The van der Waals surface area contributed by atoms with Gasteiger partial charge >= 0.3 is 0 Å². The lowest BCUT2D eigenvalue weighted by atomic mass is 9.70. The quantitative estimate of drug-likeness (QED) is 0.793. The first-order valence-electron chi connectivity index (χ1n) is 8.58. The van der Waals surface area contributed by atoms with Crippen LogP contribution < -0.4 is 0 Å². The Hall–Kier alpha value is -1.03. The second-order valence-corrected chi connectivity index (χ2v) is 8.28. The second kappa shape index (κ2) is 6.05. The molecule has 1 unspecified atom stereocenters. The summed E-state index contributed by atoms with van der Waals surface area (Å²) in [7, 11) is 3.74. The molecule has 0 saturated carbocycles. The molecule has 0 aromatic heterocycles. The van der Waals surface area contributed by atoms with Crippen molar-refractivity contribution < 1.29 is 4.79 Å². The first-order valence-corrected chi connectivity index (χ1v) is 9.33. The lowest BCUT2D eigenvalue weighted by molar-refractivity contribution is -0.140. The molecular weight excluding hydrogens is 343 g/mol. The van der Waals surface area contributed by atoms with E-state index >= 15 is 0 Å². The summed E-state index contributed by atoms with van der Waals surface area (Å²) in [6.07, 6.45) is 5.71. The van der Waals surface area contributed by atoms with Crippen LogP contribution in [0.1, 0.15) is 24.8 Å². The molecule has 128 valence electrons. The zero-order valence-electron chi connectivity index (χ0n) is 14.0. The van der Waals surface area contributed by atoms with Gasteiger partial charge in [0.05, 0.1) is 16.0 Å². The minimum absolute atomic E-state index is 0.0986. The summed E-state index contributed by atoms with van der Waals surface area (Å²) in [6.45, 7) is 0.984. The number of piperidine rings is 3. The van der Waals surface area contributed by atoms with Crippen molar-refractivity contribution in [2.24, 2.45) is 11.8 Å². The highest BCUT2D eigenvalue weighted by atomic mass is 35.5. The summed E-state index contributed by atoms with van der Waals surface area (Å²) < 4.78 is 0. The average Bonchev–Trinajstić information content (AvgIpc) is 2.86. The second-order valence-electron chi connectivity index (χ2n) is 7.46. The first-order chi connectivity index (χ1) is 11.5. The summed E-state index contributed by atoms with van der Waals surface area (Å²) in [5.74, 6) is 0.730. The van der Waals surface area contributed by atoms with E-state index in [0.717, 1.165) is 24.9 Å². The maximum atomic E-state index is 12.8. The standard InChI is InChI=1S/C19H22Cl2N2O/c1-22(2)19(24)18-14-9-13-4-6-17(18)23(13)10-12(14)7-11-3-5-15(20)16(21)8-11/h3,5,7-8,13-14,17-18H,4,6,9-10H2,1-2H3/b12-7+/t13-,14+,17+,18-/m0/s1. The number of nitrogens with zero attached hydrogens (tertiary/aromatic N) is 2. The van der Waals surface area contributed by atoms with Crippen LogP contribution in [0.2, 0.25) is 10.0 Å². The van der Waals surface area contributed by atoms with E-state index in [1.165, 1.54) is 12.0 Å². The number of hydrogen-bond acceptors (Lipinski definition) is 2. The Kier molecular flexibility index (Phi) is 4.14. The first kappa shape index (κ1) is 16.4. The maximum absolute atomic E-state index is 12.8. The van der Waals surface area contributed by atoms with E-state index in [4.69, 9.17) is 23.2 Å². The minimum Gasteiger partial charge on any atom is -0.349 e. The molecule has 0 aliphatic carbocycles. The topological polar surface area (TPSA) is 23.6 Å². The van der Waals surface area contributed by atoms with Gasteiger partial charge in [-0.25, -0.2) is 0 Å². The molecule has 4 heterocycles. The minimum atomic E-state index is 0.0986. The van der Waals surface area contributed by atoms with E-state index in [-0.39, 0.29) is 11.8 Å². The normalized spacial score (nSPS) is 35.5. The molecular formula is C19H22Cl2N2O. The van der Waals surface area contributed by atoms with Gasteiger partial charge < -0.3 is 4.90 Å². The Morgan fingerprint density at radius 2 is 2.04 bits per heavy atom. The number of hydrogen-bond donors (Lipinski definition) is 0. The molecule has 0 radical (unpaired) electrons. The zero-order valence-corrected chi connectivity index (χ0v) is 15.5. The number of rotatable bonds is 2. The highest BCUT2D eigenvalue weighted by Gasteiger charge is 2.55. The van der Waals surface area contributed by atoms with Gasteiger partial charge in [-0.1, -0.05) is 40.9 Å². The number of halogens is 2. The third-order valence-electron chi connectivity index (χ3n) is 5.93. The lowest BCUT2D eigenvalue weighted by Gasteiger charge is -2.51. The smallest absolute Gasteiger partial charge is 0.227 e. The molecule has 24 heavy (non-hydrogen) atoms. The van der Waals surface area contributed by atoms with Crippen LogP contribution in [0, 0.1) is 11.8 Å². The molecule has 5 rings (SSSR count). The maximum Gasteiger partial charge on any atom is 0.227 e. The summed E-state index contributed by atoms with van der Waals surface area (Å²) in [5.41, 5.74) is 2.43. The number of amides is 1. The highest BCUT2D eigenvalue weighted by Crippen LogP contribution is 2.51. The van der Waals surface area contributed by atoms with Crippen molar-refractivity contribution in [3.8, 4) is 0 Å². The number of carbonyl (C=O) groups excluding carboxylic acids is 1. The fourth-order valence-electron chi connectivity index (χ4n) is 4.87. The van der Waals surface area contributed by atoms with E-state index in [2.05, 4.69) is 11.0 Å². The van der Waals surface area contributed by atoms with Crippen molar-refractivity contribution in [1.29, 1.82) is 0 Å².